The molecule has 36 heteroatoms. The highest BCUT2D eigenvalue weighted by molar-refractivity contribution is 5.80. The minimum absolute atomic E-state index is 0.0314. The molecular formula is C65H104F9N3O24. The monoisotopic (exact) mass is 1480 g/mol. The number of nitrogens with one attached hydrogen (secondary N) is 3. The molecule has 0 spiro atoms. The van der Waals surface area contributed by atoms with Crippen LogP contribution < -0.4 is 16.0 Å². The summed E-state index contributed by atoms with van der Waals surface area (Å²) in [5, 5.41) is 156. The van der Waals surface area contributed by atoms with E-state index in [1.807, 2.05) is 12.1 Å². The Balaban J connectivity index is 0. The van der Waals surface area contributed by atoms with Gasteiger partial charge in [0.1, 0.15) is 79.1 Å². The van der Waals surface area contributed by atoms with E-state index in [0.717, 1.165) is 11.1 Å². The molecule has 3 amide bonds. The second kappa shape index (κ2) is 55.1. The minimum Gasteiger partial charge on any atom is -0.394 e. The largest absolute Gasteiger partial charge is 0.394 e. The smallest absolute Gasteiger partial charge is 0.224 e. The fourth-order valence-electron chi connectivity index (χ4n) is 9.46. The van der Waals surface area contributed by atoms with E-state index in [1.54, 1.807) is 69.3 Å². The Hall–Kier alpha value is -5.40. The summed E-state index contributed by atoms with van der Waals surface area (Å²) in [7, 11) is 2.50. The first kappa shape index (κ1) is 97.7. The van der Waals surface area contributed by atoms with E-state index in [4.69, 9.17) is 43.7 Å². The van der Waals surface area contributed by atoms with Gasteiger partial charge in [0.05, 0.1) is 131 Å². The number of ether oxygens (including phenoxy) is 6. The van der Waals surface area contributed by atoms with Gasteiger partial charge in [0, 0.05) is 0 Å². The Morgan fingerprint density at radius 1 is 0.396 bits per heavy atom. The molecule has 3 saturated heterocycles. The zero-order valence-electron chi connectivity index (χ0n) is 57.2. The fourth-order valence-corrected chi connectivity index (χ4v) is 9.46. The van der Waals surface area contributed by atoms with Gasteiger partial charge in [0.2, 0.25) is 17.7 Å². The molecule has 0 aliphatic carbocycles. The second-order valence-corrected chi connectivity index (χ2v) is 22.0. The Morgan fingerprint density at radius 2 is 0.624 bits per heavy atom. The predicted octanol–water partition coefficient (Wildman–Crippen LogP) is -1.01. The molecule has 24 atom stereocenters. The van der Waals surface area contributed by atoms with Gasteiger partial charge < -0.3 is 121 Å². The van der Waals surface area contributed by atoms with Crippen LogP contribution in [-0.2, 0) is 62.1 Å². The van der Waals surface area contributed by atoms with Gasteiger partial charge in [-0.2, -0.15) is 0 Å². The lowest BCUT2D eigenvalue weighted by Crippen LogP contribution is -2.59. The van der Waals surface area contributed by atoms with Crippen molar-refractivity contribution in [2.45, 2.75) is 206 Å². The van der Waals surface area contributed by atoms with Crippen molar-refractivity contribution in [3.05, 3.63) is 107 Å². The Morgan fingerprint density at radius 3 is 0.842 bits per heavy atom. The summed E-state index contributed by atoms with van der Waals surface area (Å²) in [4.78, 5) is 37.1. The molecule has 0 bridgehead atoms. The van der Waals surface area contributed by atoms with E-state index in [9.17, 15) is 115 Å². The van der Waals surface area contributed by atoms with E-state index in [0.29, 0.717) is 41.5 Å². The SMILES string of the molecule is CC[C@@H](O)[C@@H](O)[C@H](CO[C@H]1OC(CO)[C@@H](F)[C@H](O)C1O)NC(=O)Cc1ccc(F)cc1.CC[C@@H](O)[C@@H](O)[C@H](CO[C@H]1OC(CO)[C@@H](F)[C@H](O)C1O)NC(=O)Cc1ccccc1.CC[C@@H](O)[C@@H](O)[C@H](CO[C@H]1OC(CO)[C@@H](F)[C@H](O)C1O)NC(=O)Cc1ccccc1.CF.CF.CF.CF.CF. The molecule has 3 fully saturated rings. The van der Waals surface area contributed by atoms with Crippen LogP contribution in [-0.4, -0.2) is 317 Å². The quantitative estimate of drug-likeness (QED) is 0.0355. The highest BCUT2D eigenvalue weighted by atomic mass is 19.2. The summed E-state index contributed by atoms with van der Waals surface area (Å²) in [5.74, 6) is -1.87. The zero-order chi connectivity index (χ0) is 77.6. The number of aliphatic hydroxyl groups excluding tert-OH is 15. The van der Waals surface area contributed by atoms with Crippen LogP contribution in [0.3, 0.4) is 0 Å². The van der Waals surface area contributed by atoms with Crippen LogP contribution in [0.4, 0.5) is 39.5 Å². The lowest BCUT2D eigenvalue weighted by molar-refractivity contribution is -0.293. The van der Waals surface area contributed by atoms with Gasteiger partial charge in [-0.15, -0.1) is 0 Å². The third kappa shape index (κ3) is 33.5. The number of hydrogen-bond donors (Lipinski definition) is 18. The molecule has 6 unspecified atom stereocenters. The molecule has 6 rings (SSSR count). The predicted molar refractivity (Wildman–Crippen MR) is 344 cm³/mol. The number of rotatable bonds is 30. The standard InChI is InChI=1S/C20H29F2NO8.2C20H30FNO8.5CH3F/c1-2-13(25)17(27)12(23-15(26)7-10-3-5-11(21)6-4-10)9-30-20-19(29)18(28)16(22)14(8-24)31-20;2*1-2-13(24)17(26)12(22-15(25)8-11-6-4-3-5-7-11)10-29-20-19(28)18(27)16(21)14(9-23)30-20;5*1-2/h3-6,12-14,16-20,24-25,27-29H,2,7-9H2,1H3,(H,23,26);2*3-7,12-14,16-20,23-24,26-28H,2,8-10H2,1H3,(H,22,25);5*1H3/t3*12-,13+,14?,16+,17-,18-,19?,20-;;;;;/m000...../s1. The number of carbonyl (C=O) groups is 3. The van der Waals surface area contributed by atoms with Crippen molar-refractivity contribution in [1.82, 2.24) is 16.0 Å². The number of amides is 3. The van der Waals surface area contributed by atoms with E-state index < -0.39 is 210 Å². The minimum atomic E-state index is -2.03. The first-order chi connectivity index (χ1) is 48.2. The molecule has 586 valence electrons. The molecule has 3 aliphatic heterocycles. The van der Waals surface area contributed by atoms with Gasteiger partial charge >= 0.3 is 0 Å². The van der Waals surface area contributed by atoms with Crippen molar-refractivity contribution in [2.24, 2.45) is 0 Å². The zero-order valence-corrected chi connectivity index (χ0v) is 57.2. The van der Waals surface area contributed by atoms with Gasteiger partial charge in [-0.1, -0.05) is 93.6 Å². The molecule has 0 radical (unpaired) electrons. The van der Waals surface area contributed by atoms with Crippen molar-refractivity contribution in [2.75, 3.05) is 75.5 Å². The lowest BCUT2D eigenvalue weighted by atomic mass is 10.0. The van der Waals surface area contributed by atoms with Crippen molar-refractivity contribution in [3.63, 3.8) is 0 Å². The van der Waals surface area contributed by atoms with Gasteiger partial charge in [0.25, 0.3) is 0 Å². The molecule has 3 aromatic carbocycles. The summed E-state index contributed by atoms with van der Waals surface area (Å²) >= 11 is 0. The van der Waals surface area contributed by atoms with Crippen LogP contribution >= 0.6 is 0 Å². The number of alkyl halides is 8. The highest BCUT2D eigenvalue weighted by Crippen LogP contribution is 2.28. The van der Waals surface area contributed by atoms with Gasteiger partial charge in [-0.3, -0.25) is 36.3 Å². The normalized spacial score (nSPS) is 27.0. The van der Waals surface area contributed by atoms with Gasteiger partial charge in [-0.05, 0) is 48.1 Å². The summed E-state index contributed by atoms with van der Waals surface area (Å²) in [6.45, 7) is 1.41. The third-order valence-electron chi connectivity index (χ3n) is 15.1. The maximum absolute atomic E-state index is 13.8. The van der Waals surface area contributed by atoms with Gasteiger partial charge in [0.15, 0.2) is 37.4 Å². The summed E-state index contributed by atoms with van der Waals surface area (Å²) in [5.41, 5.74) is 2.00. The maximum Gasteiger partial charge on any atom is 0.224 e. The summed E-state index contributed by atoms with van der Waals surface area (Å²) in [6, 6.07) is 19.7. The highest BCUT2D eigenvalue weighted by Gasteiger charge is 2.48. The van der Waals surface area contributed by atoms with Crippen LogP contribution in [0.1, 0.15) is 56.7 Å². The molecule has 0 saturated carbocycles. The average Bonchev–Trinajstić information content (AvgIpc) is 0.828. The second-order valence-electron chi connectivity index (χ2n) is 22.0. The third-order valence-corrected chi connectivity index (χ3v) is 15.1. The number of halogens is 9. The first-order valence-electron chi connectivity index (χ1n) is 31.6. The van der Waals surface area contributed by atoms with E-state index in [1.165, 1.54) is 24.3 Å². The van der Waals surface area contributed by atoms with E-state index in [2.05, 4.69) is 16.0 Å². The Bertz CT molecular complexity index is 2440. The van der Waals surface area contributed by atoms with Crippen LogP contribution in [0.5, 0.6) is 0 Å². The molecule has 3 aliphatic rings. The number of aliphatic hydroxyl groups is 15. The van der Waals surface area contributed by atoms with Crippen molar-refractivity contribution in [1.29, 1.82) is 0 Å². The fraction of sp³-hybridized carbons (Fsp3) is 0.677. The number of carbonyl (C=O) groups excluding carboxylic acids is 3. The molecule has 3 heterocycles. The summed E-state index contributed by atoms with van der Waals surface area (Å²) < 4.78 is 134. The number of hydrogen-bond acceptors (Lipinski definition) is 24. The first-order valence-corrected chi connectivity index (χ1v) is 31.6. The van der Waals surface area contributed by atoms with Crippen molar-refractivity contribution >= 4 is 17.7 Å². The van der Waals surface area contributed by atoms with Crippen LogP contribution in [0.2, 0.25) is 0 Å². The van der Waals surface area contributed by atoms with Crippen LogP contribution in [0, 0.1) is 5.82 Å². The van der Waals surface area contributed by atoms with Crippen molar-refractivity contribution < 1.29 is 159 Å². The van der Waals surface area contributed by atoms with Gasteiger partial charge in [-0.25, -0.2) is 17.6 Å². The topological polar surface area (TPSA) is 446 Å². The van der Waals surface area contributed by atoms with E-state index in [-0.39, 0.29) is 38.5 Å². The number of benzene rings is 3. The average molecular weight is 1480 g/mol. The Labute approximate surface area is 580 Å². The molecule has 27 nitrogen and oxygen atoms in total. The molecule has 3 aromatic rings. The molecule has 0 aromatic heterocycles. The van der Waals surface area contributed by atoms with Crippen LogP contribution in [0.15, 0.2) is 84.9 Å². The molecule has 101 heavy (non-hydrogen) atoms. The van der Waals surface area contributed by atoms with E-state index >= 15 is 0 Å². The van der Waals surface area contributed by atoms with Crippen LogP contribution in [0.25, 0.3) is 0 Å². The molecule has 18 N–H and O–H groups in total. The molecular weight excluding hydrogens is 1380 g/mol. The maximum atomic E-state index is 13.8. The lowest BCUT2D eigenvalue weighted by Gasteiger charge is -2.39. The Kier molecular flexibility index (Phi) is 53.3. The summed E-state index contributed by atoms with van der Waals surface area (Å²) in [6.07, 6.45) is -32.8. The van der Waals surface area contributed by atoms with Crippen molar-refractivity contribution in [3.8, 4) is 0 Å².